The van der Waals surface area contributed by atoms with Crippen LogP contribution in [0.5, 0.6) is 0 Å². The Morgan fingerprint density at radius 3 is 2.68 bits per heavy atom. The van der Waals surface area contributed by atoms with Crippen LogP contribution >= 0.6 is 0 Å². The van der Waals surface area contributed by atoms with Crippen molar-refractivity contribution in [2.45, 2.75) is 39.5 Å². The summed E-state index contributed by atoms with van der Waals surface area (Å²) in [7, 11) is 0. The molecule has 1 unspecified atom stereocenters. The molecule has 2 N–H and O–H groups in total. The first-order valence-corrected chi connectivity index (χ1v) is 6.59. The van der Waals surface area contributed by atoms with Gasteiger partial charge in [0.25, 0.3) is 0 Å². The van der Waals surface area contributed by atoms with Crippen LogP contribution in [-0.2, 0) is 4.79 Å². The Hall–Kier alpha value is -1.91. The second-order valence-electron chi connectivity index (χ2n) is 4.45. The molecule has 0 spiro atoms. The molecule has 0 aliphatic carbocycles. The van der Waals surface area contributed by atoms with Crippen LogP contribution in [0.4, 0.5) is 5.82 Å². The lowest BCUT2D eigenvalue weighted by molar-refractivity contribution is -0.120. The molecule has 0 bridgehead atoms. The zero-order chi connectivity index (χ0) is 14.3. The van der Waals surface area contributed by atoms with Crippen molar-refractivity contribution in [3.8, 4) is 0 Å². The van der Waals surface area contributed by atoms with Crippen molar-refractivity contribution in [3.05, 3.63) is 23.9 Å². The summed E-state index contributed by atoms with van der Waals surface area (Å²) in [6.07, 6.45) is 3.67. The van der Waals surface area contributed by atoms with Crippen molar-refractivity contribution in [3.63, 3.8) is 0 Å². The van der Waals surface area contributed by atoms with Crippen molar-refractivity contribution in [1.82, 2.24) is 4.98 Å². The first-order valence-electron chi connectivity index (χ1n) is 6.59. The highest BCUT2D eigenvalue weighted by Crippen LogP contribution is 2.15. The Labute approximate surface area is 113 Å². The molecule has 1 amide bonds. The van der Waals surface area contributed by atoms with E-state index in [0.29, 0.717) is 5.82 Å². The fourth-order valence-electron chi connectivity index (χ4n) is 1.82. The molecule has 0 aliphatic rings. The zero-order valence-electron chi connectivity index (χ0n) is 11.3. The lowest BCUT2D eigenvalue weighted by Crippen LogP contribution is -2.23. The van der Waals surface area contributed by atoms with Crippen molar-refractivity contribution in [2.75, 3.05) is 5.32 Å². The molecular weight excluding hydrogens is 244 g/mol. The number of nitrogens with one attached hydrogen (secondary N) is 1. The van der Waals surface area contributed by atoms with Gasteiger partial charge in [-0.1, -0.05) is 32.8 Å². The maximum absolute atomic E-state index is 12.0. The lowest BCUT2D eigenvalue weighted by atomic mass is 9.98. The van der Waals surface area contributed by atoms with Gasteiger partial charge in [0, 0.05) is 5.92 Å². The summed E-state index contributed by atoms with van der Waals surface area (Å²) in [4.78, 5) is 26.7. The van der Waals surface area contributed by atoms with Crippen LogP contribution in [0.3, 0.4) is 0 Å². The summed E-state index contributed by atoms with van der Waals surface area (Å²) in [5, 5.41) is 11.5. The minimum atomic E-state index is -1.10. The Balaban J connectivity index is 2.69. The molecule has 1 heterocycles. The van der Waals surface area contributed by atoms with Gasteiger partial charge in [-0.3, -0.25) is 4.79 Å². The molecular formula is C14H20N2O3. The Morgan fingerprint density at radius 2 is 2.11 bits per heavy atom. The quantitative estimate of drug-likeness (QED) is 0.793. The van der Waals surface area contributed by atoms with E-state index in [9.17, 15) is 9.59 Å². The normalized spacial score (nSPS) is 11.9. The lowest BCUT2D eigenvalue weighted by Gasteiger charge is -2.14. The predicted octanol–water partition coefficient (Wildman–Crippen LogP) is 2.93. The number of pyridine rings is 1. The molecule has 5 heteroatoms. The average Bonchev–Trinajstić information content (AvgIpc) is 2.40. The number of carboxylic acid groups (broad SMARTS) is 1. The molecule has 0 radical (unpaired) electrons. The van der Waals surface area contributed by atoms with Crippen molar-refractivity contribution >= 4 is 17.7 Å². The van der Waals surface area contributed by atoms with Crippen molar-refractivity contribution in [1.29, 1.82) is 0 Å². The van der Waals surface area contributed by atoms with Crippen molar-refractivity contribution in [2.24, 2.45) is 5.92 Å². The Kier molecular flexibility index (Phi) is 5.99. The van der Waals surface area contributed by atoms with E-state index in [1.54, 1.807) is 12.1 Å². The van der Waals surface area contributed by atoms with Crippen LogP contribution in [0.1, 0.15) is 50.0 Å². The minimum absolute atomic E-state index is 0.0461. The number of carboxylic acids is 1. The fourth-order valence-corrected chi connectivity index (χ4v) is 1.82. The highest BCUT2D eigenvalue weighted by atomic mass is 16.4. The zero-order valence-corrected chi connectivity index (χ0v) is 11.3. The molecule has 0 aromatic carbocycles. The number of aromatic carboxylic acids is 1. The van der Waals surface area contributed by atoms with E-state index in [0.717, 1.165) is 25.7 Å². The van der Waals surface area contributed by atoms with Crippen LogP contribution in [0.15, 0.2) is 18.2 Å². The van der Waals surface area contributed by atoms with Crippen LogP contribution in [0, 0.1) is 5.92 Å². The molecule has 104 valence electrons. The molecule has 1 aromatic rings. The van der Waals surface area contributed by atoms with Gasteiger partial charge in [0.1, 0.15) is 5.82 Å². The molecule has 1 atom stereocenters. The van der Waals surface area contributed by atoms with Crippen LogP contribution < -0.4 is 5.32 Å². The van der Waals surface area contributed by atoms with E-state index in [-0.39, 0.29) is 17.5 Å². The van der Waals surface area contributed by atoms with E-state index in [4.69, 9.17) is 5.11 Å². The molecule has 0 aliphatic heterocycles. The summed E-state index contributed by atoms with van der Waals surface area (Å²) in [5.74, 6) is -0.949. The highest BCUT2D eigenvalue weighted by molar-refractivity contribution is 5.92. The number of hydrogen-bond acceptors (Lipinski definition) is 3. The van der Waals surface area contributed by atoms with Gasteiger partial charge in [-0.2, -0.15) is 0 Å². The van der Waals surface area contributed by atoms with E-state index in [2.05, 4.69) is 17.2 Å². The van der Waals surface area contributed by atoms with Gasteiger partial charge in [0.2, 0.25) is 5.91 Å². The summed E-state index contributed by atoms with van der Waals surface area (Å²) in [6, 6.07) is 4.56. The number of carbonyl (C=O) groups excluding carboxylic acids is 1. The Bertz CT molecular complexity index is 446. The fraction of sp³-hybridized carbons (Fsp3) is 0.500. The van der Waals surface area contributed by atoms with Gasteiger partial charge in [-0.05, 0) is 25.0 Å². The first-order chi connectivity index (χ1) is 9.08. The van der Waals surface area contributed by atoms with Crippen LogP contribution in [0.25, 0.3) is 0 Å². The number of unbranched alkanes of at least 4 members (excludes halogenated alkanes) is 1. The summed E-state index contributed by atoms with van der Waals surface area (Å²) >= 11 is 0. The average molecular weight is 264 g/mol. The molecule has 0 saturated carbocycles. The van der Waals surface area contributed by atoms with E-state index < -0.39 is 5.97 Å². The Morgan fingerprint density at radius 1 is 1.37 bits per heavy atom. The van der Waals surface area contributed by atoms with Gasteiger partial charge in [0.15, 0.2) is 5.69 Å². The number of rotatable bonds is 7. The van der Waals surface area contributed by atoms with E-state index in [1.165, 1.54) is 6.07 Å². The number of aromatic nitrogens is 1. The van der Waals surface area contributed by atoms with E-state index in [1.807, 2.05) is 6.92 Å². The number of anilines is 1. The van der Waals surface area contributed by atoms with Crippen molar-refractivity contribution < 1.29 is 14.7 Å². The first kappa shape index (κ1) is 15.1. The molecule has 19 heavy (non-hydrogen) atoms. The van der Waals surface area contributed by atoms with E-state index >= 15 is 0 Å². The number of hydrogen-bond donors (Lipinski definition) is 2. The molecule has 5 nitrogen and oxygen atoms in total. The molecule has 1 rings (SSSR count). The number of amides is 1. The second kappa shape index (κ2) is 7.51. The molecule has 1 aromatic heterocycles. The smallest absolute Gasteiger partial charge is 0.354 e. The molecule has 0 saturated heterocycles. The maximum atomic E-state index is 12.0. The largest absolute Gasteiger partial charge is 0.477 e. The second-order valence-corrected chi connectivity index (χ2v) is 4.45. The topological polar surface area (TPSA) is 79.3 Å². The van der Waals surface area contributed by atoms with Gasteiger partial charge in [0.05, 0.1) is 0 Å². The van der Waals surface area contributed by atoms with Gasteiger partial charge in [-0.25, -0.2) is 9.78 Å². The van der Waals surface area contributed by atoms with Gasteiger partial charge in [-0.15, -0.1) is 0 Å². The minimum Gasteiger partial charge on any atom is -0.477 e. The SMILES string of the molecule is CCCCC(CC)C(=O)Nc1cccc(C(=O)O)n1. The summed E-state index contributed by atoms with van der Waals surface area (Å²) in [6.45, 7) is 4.06. The standard InChI is InChI=1S/C14H20N2O3/c1-3-5-7-10(4-2)13(17)16-12-9-6-8-11(15-12)14(18)19/h6,8-10H,3-5,7H2,1-2H3,(H,18,19)(H,15,16,17). The van der Waals surface area contributed by atoms with Crippen LogP contribution in [0.2, 0.25) is 0 Å². The third-order valence-corrected chi connectivity index (χ3v) is 2.99. The third-order valence-electron chi connectivity index (χ3n) is 2.99. The molecule has 0 fully saturated rings. The predicted molar refractivity (Wildman–Crippen MR) is 73.1 cm³/mol. The van der Waals surface area contributed by atoms with Gasteiger partial charge >= 0.3 is 5.97 Å². The monoisotopic (exact) mass is 264 g/mol. The van der Waals surface area contributed by atoms with Gasteiger partial charge < -0.3 is 10.4 Å². The summed E-state index contributed by atoms with van der Waals surface area (Å²) < 4.78 is 0. The maximum Gasteiger partial charge on any atom is 0.354 e. The number of nitrogens with zero attached hydrogens (tertiary/aromatic N) is 1. The highest BCUT2D eigenvalue weighted by Gasteiger charge is 2.16. The third kappa shape index (κ3) is 4.69. The summed E-state index contributed by atoms with van der Waals surface area (Å²) in [5.41, 5.74) is -0.0700. The van der Waals surface area contributed by atoms with Crippen LogP contribution in [-0.4, -0.2) is 22.0 Å². The number of carbonyl (C=O) groups is 2.